The molecular weight excluding hydrogens is 320 g/mol. The molecule has 3 rings (SSSR count). The van der Waals surface area contributed by atoms with E-state index in [1.807, 2.05) is 26.0 Å². The van der Waals surface area contributed by atoms with Gasteiger partial charge in [-0.2, -0.15) is 0 Å². The quantitative estimate of drug-likeness (QED) is 0.714. The lowest BCUT2D eigenvalue weighted by Gasteiger charge is -2.06. The molecule has 118 valence electrons. The standard InChI is InChI=1S/C16H13F2N3OS/c1-8-6-9(2)14-12(7-8)19-16(23-14)21-20-15(22)13-10(17)4-3-5-11(13)18/h3-7H,1-2H3,(H,19,21)(H,20,22). The van der Waals surface area contributed by atoms with Crippen LogP contribution in [0.4, 0.5) is 13.9 Å². The average molecular weight is 333 g/mol. The minimum Gasteiger partial charge on any atom is -0.273 e. The van der Waals surface area contributed by atoms with Crippen LogP contribution >= 0.6 is 11.3 Å². The molecule has 3 aromatic rings. The van der Waals surface area contributed by atoms with Crippen molar-refractivity contribution in [2.45, 2.75) is 13.8 Å². The van der Waals surface area contributed by atoms with Gasteiger partial charge in [-0.3, -0.25) is 15.6 Å². The number of aryl methyl sites for hydroxylation is 2. The van der Waals surface area contributed by atoms with Gasteiger partial charge < -0.3 is 0 Å². The van der Waals surface area contributed by atoms with E-state index in [4.69, 9.17) is 0 Å². The van der Waals surface area contributed by atoms with Crippen molar-refractivity contribution in [1.82, 2.24) is 10.4 Å². The Balaban J connectivity index is 1.81. The van der Waals surface area contributed by atoms with E-state index in [9.17, 15) is 13.6 Å². The number of fused-ring (bicyclic) bond motifs is 1. The van der Waals surface area contributed by atoms with Crippen molar-refractivity contribution in [3.63, 3.8) is 0 Å². The number of carbonyl (C=O) groups excluding carboxylic acids is 1. The molecular formula is C16H13F2N3OS. The number of thiazole rings is 1. The number of benzene rings is 2. The first kappa shape index (κ1) is 15.4. The molecule has 0 atom stereocenters. The lowest BCUT2D eigenvalue weighted by Crippen LogP contribution is -2.30. The van der Waals surface area contributed by atoms with Crippen molar-refractivity contribution in [2.75, 3.05) is 5.43 Å². The van der Waals surface area contributed by atoms with Crippen molar-refractivity contribution in [1.29, 1.82) is 0 Å². The number of rotatable bonds is 3. The summed E-state index contributed by atoms with van der Waals surface area (Å²) in [7, 11) is 0. The van der Waals surface area contributed by atoms with Crippen LogP contribution in [0.5, 0.6) is 0 Å². The van der Waals surface area contributed by atoms with Crippen molar-refractivity contribution in [2.24, 2.45) is 0 Å². The number of carbonyl (C=O) groups is 1. The van der Waals surface area contributed by atoms with Crippen LogP contribution in [-0.2, 0) is 0 Å². The fourth-order valence-electron chi connectivity index (χ4n) is 2.32. The number of anilines is 1. The molecule has 1 amide bonds. The van der Waals surface area contributed by atoms with Gasteiger partial charge in [-0.15, -0.1) is 0 Å². The van der Waals surface area contributed by atoms with Gasteiger partial charge in [0.25, 0.3) is 5.91 Å². The van der Waals surface area contributed by atoms with Gasteiger partial charge in [-0.05, 0) is 43.2 Å². The van der Waals surface area contributed by atoms with Gasteiger partial charge in [0.05, 0.1) is 10.2 Å². The molecule has 7 heteroatoms. The predicted octanol–water partition coefficient (Wildman–Crippen LogP) is 3.95. The summed E-state index contributed by atoms with van der Waals surface area (Å²) < 4.78 is 28.1. The highest BCUT2D eigenvalue weighted by Gasteiger charge is 2.17. The van der Waals surface area contributed by atoms with Gasteiger partial charge in [-0.25, -0.2) is 13.8 Å². The van der Waals surface area contributed by atoms with Crippen molar-refractivity contribution < 1.29 is 13.6 Å². The molecule has 4 nitrogen and oxygen atoms in total. The van der Waals surface area contributed by atoms with Crippen LogP contribution in [0.3, 0.4) is 0 Å². The summed E-state index contributed by atoms with van der Waals surface area (Å²) in [6.07, 6.45) is 0. The normalized spacial score (nSPS) is 10.8. The minimum absolute atomic E-state index is 0.443. The summed E-state index contributed by atoms with van der Waals surface area (Å²) in [4.78, 5) is 16.3. The first-order valence-electron chi connectivity index (χ1n) is 6.84. The van der Waals surface area contributed by atoms with Gasteiger partial charge in [0.1, 0.15) is 17.2 Å². The number of hydrogen-bond donors (Lipinski definition) is 2. The van der Waals surface area contributed by atoms with Crippen LogP contribution < -0.4 is 10.9 Å². The van der Waals surface area contributed by atoms with Crippen LogP contribution in [0.2, 0.25) is 0 Å². The number of amides is 1. The summed E-state index contributed by atoms with van der Waals surface area (Å²) in [5, 5.41) is 0.443. The molecule has 2 aromatic carbocycles. The van der Waals surface area contributed by atoms with Crippen molar-refractivity contribution in [3.8, 4) is 0 Å². The Labute approximate surface area is 135 Å². The van der Waals surface area contributed by atoms with Crippen LogP contribution in [0.1, 0.15) is 21.5 Å². The fraction of sp³-hybridized carbons (Fsp3) is 0.125. The van der Waals surface area contributed by atoms with Crippen LogP contribution in [0, 0.1) is 25.5 Å². The van der Waals surface area contributed by atoms with E-state index in [0.717, 1.165) is 33.5 Å². The summed E-state index contributed by atoms with van der Waals surface area (Å²) in [5.41, 5.74) is 7.22. The summed E-state index contributed by atoms with van der Waals surface area (Å²) in [5.74, 6) is -2.73. The predicted molar refractivity (Wildman–Crippen MR) is 86.5 cm³/mol. The van der Waals surface area contributed by atoms with Crippen LogP contribution in [0.15, 0.2) is 30.3 Å². The zero-order chi connectivity index (χ0) is 16.6. The molecule has 0 spiro atoms. The highest BCUT2D eigenvalue weighted by molar-refractivity contribution is 7.22. The Hall–Kier alpha value is -2.54. The highest BCUT2D eigenvalue weighted by atomic mass is 32.1. The zero-order valence-electron chi connectivity index (χ0n) is 12.4. The monoisotopic (exact) mass is 333 g/mol. The number of halogens is 2. The second kappa shape index (κ2) is 5.92. The van der Waals surface area contributed by atoms with Gasteiger partial charge in [0, 0.05) is 0 Å². The Morgan fingerprint density at radius 2 is 1.87 bits per heavy atom. The summed E-state index contributed by atoms with van der Waals surface area (Å²) in [6.45, 7) is 3.95. The lowest BCUT2D eigenvalue weighted by molar-refractivity contribution is 0.0954. The lowest BCUT2D eigenvalue weighted by atomic mass is 10.1. The van der Waals surface area contributed by atoms with E-state index in [1.165, 1.54) is 17.4 Å². The van der Waals surface area contributed by atoms with Crippen LogP contribution in [0.25, 0.3) is 10.2 Å². The van der Waals surface area contributed by atoms with E-state index in [0.29, 0.717) is 5.13 Å². The third-order valence-corrected chi connectivity index (χ3v) is 4.41. The zero-order valence-corrected chi connectivity index (χ0v) is 13.2. The fourth-order valence-corrected chi connectivity index (χ4v) is 3.19. The first-order chi connectivity index (χ1) is 11.0. The maximum Gasteiger partial charge on any atom is 0.275 e. The first-order valence-corrected chi connectivity index (χ1v) is 7.65. The van der Waals surface area contributed by atoms with Gasteiger partial charge in [0.15, 0.2) is 0 Å². The average Bonchev–Trinajstić information content (AvgIpc) is 2.88. The Morgan fingerprint density at radius 1 is 1.17 bits per heavy atom. The Bertz CT molecular complexity index is 887. The molecule has 0 unspecified atom stereocenters. The smallest absolute Gasteiger partial charge is 0.273 e. The topological polar surface area (TPSA) is 54.0 Å². The molecule has 0 aliphatic rings. The van der Waals surface area contributed by atoms with E-state index >= 15 is 0 Å². The molecule has 2 N–H and O–H groups in total. The second-order valence-corrected chi connectivity index (χ2v) is 6.12. The molecule has 0 saturated heterocycles. The van der Waals surface area contributed by atoms with E-state index in [1.54, 1.807) is 0 Å². The maximum atomic E-state index is 13.5. The maximum absolute atomic E-state index is 13.5. The van der Waals surface area contributed by atoms with E-state index in [2.05, 4.69) is 15.8 Å². The molecule has 0 aliphatic carbocycles. The molecule has 0 aliphatic heterocycles. The van der Waals surface area contributed by atoms with E-state index in [-0.39, 0.29) is 0 Å². The van der Waals surface area contributed by atoms with Gasteiger partial charge in [-0.1, -0.05) is 23.5 Å². The molecule has 1 aromatic heterocycles. The third-order valence-electron chi connectivity index (χ3n) is 3.29. The molecule has 0 fully saturated rings. The van der Waals surface area contributed by atoms with Crippen LogP contribution in [-0.4, -0.2) is 10.9 Å². The SMILES string of the molecule is Cc1cc(C)c2sc(NNC(=O)c3c(F)cccc3F)nc2c1. The number of nitrogens with zero attached hydrogens (tertiary/aromatic N) is 1. The third kappa shape index (κ3) is 3.00. The Kier molecular flexibility index (Phi) is 3.96. The molecule has 23 heavy (non-hydrogen) atoms. The van der Waals surface area contributed by atoms with Crippen molar-refractivity contribution >= 4 is 32.6 Å². The Morgan fingerprint density at radius 3 is 2.57 bits per heavy atom. The largest absolute Gasteiger partial charge is 0.275 e. The second-order valence-electron chi connectivity index (χ2n) is 5.12. The summed E-state index contributed by atoms with van der Waals surface area (Å²) in [6, 6.07) is 7.23. The van der Waals surface area contributed by atoms with Crippen molar-refractivity contribution in [3.05, 3.63) is 58.7 Å². The molecule has 0 saturated carbocycles. The number of nitrogens with one attached hydrogen (secondary N) is 2. The van der Waals surface area contributed by atoms with E-state index < -0.39 is 23.1 Å². The summed E-state index contributed by atoms with van der Waals surface area (Å²) >= 11 is 1.35. The molecule has 0 radical (unpaired) electrons. The van der Waals surface area contributed by atoms with Gasteiger partial charge >= 0.3 is 0 Å². The van der Waals surface area contributed by atoms with Gasteiger partial charge in [0.2, 0.25) is 5.13 Å². The minimum atomic E-state index is -0.917. The number of aromatic nitrogens is 1. The number of hydrogen-bond acceptors (Lipinski definition) is 4. The molecule has 1 heterocycles. The number of hydrazine groups is 1. The molecule has 0 bridgehead atoms. The highest BCUT2D eigenvalue weighted by Crippen LogP contribution is 2.29.